The molecule has 2 amide bonds. The number of hydrogen-bond donors (Lipinski definition) is 0. The Hall–Kier alpha value is -1.84. The Morgan fingerprint density at radius 3 is 2.04 bits per heavy atom. The summed E-state index contributed by atoms with van der Waals surface area (Å²) in [5.74, 6) is -0.630. The van der Waals surface area contributed by atoms with E-state index in [0.29, 0.717) is 17.5 Å². The Kier molecular flexibility index (Phi) is 7.07. The van der Waals surface area contributed by atoms with Crippen LogP contribution in [0.1, 0.15) is 18.9 Å². The third-order valence-corrected chi connectivity index (χ3v) is 4.63. The highest BCUT2D eigenvalue weighted by Gasteiger charge is 2.39. The highest BCUT2D eigenvalue weighted by molar-refractivity contribution is 9.09. The van der Waals surface area contributed by atoms with Crippen molar-refractivity contribution < 1.29 is 28.5 Å². The van der Waals surface area contributed by atoms with Crippen molar-refractivity contribution in [3.8, 4) is 11.5 Å². The fourth-order valence-electron chi connectivity index (χ4n) is 2.40. The van der Waals surface area contributed by atoms with E-state index in [4.69, 9.17) is 18.9 Å². The number of benzene rings is 1. The summed E-state index contributed by atoms with van der Waals surface area (Å²) < 4.78 is 22.7. The van der Waals surface area contributed by atoms with Gasteiger partial charge in [-0.1, -0.05) is 15.9 Å². The van der Waals surface area contributed by atoms with Crippen molar-refractivity contribution in [3.05, 3.63) is 23.8 Å². The molecule has 2 atom stereocenters. The molecule has 1 heterocycles. The van der Waals surface area contributed by atoms with Crippen molar-refractivity contribution in [3.63, 3.8) is 0 Å². The predicted octanol–water partition coefficient (Wildman–Crippen LogP) is 3.18. The zero-order valence-electron chi connectivity index (χ0n) is 16.2. The lowest BCUT2D eigenvalue weighted by atomic mass is 10.0. The predicted molar refractivity (Wildman–Crippen MR) is 102 cm³/mol. The summed E-state index contributed by atoms with van der Waals surface area (Å²) in [5, 5.41) is 0.358. The topological polar surface area (TPSA) is 77.5 Å². The quantitative estimate of drug-likeness (QED) is 0.663. The molecule has 150 valence electrons. The molecule has 0 bridgehead atoms. The summed E-state index contributed by atoms with van der Waals surface area (Å²) >= 11 is 3.45. The zero-order chi connectivity index (χ0) is 20.2. The van der Waals surface area contributed by atoms with Crippen molar-refractivity contribution in [1.82, 2.24) is 9.80 Å². The molecule has 1 aliphatic heterocycles. The third kappa shape index (κ3) is 5.33. The van der Waals surface area contributed by atoms with Crippen molar-refractivity contribution in [2.24, 2.45) is 0 Å². The first-order valence-corrected chi connectivity index (χ1v) is 9.60. The summed E-state index contributed by atoms with van der Waals surface area (Å²) in [6, 6.07) is 4.77. The van der Waals surface area contributed by atoms with Crippen LogP contribution in [-0.2, 0) is 15.3 Å². The second kappa shape index (κ2) is 8.90. The van der Waals surface area contributed by atoms with Crippen LogP contribution in [0.2, 0.25) is 0 Å². The number of rotatable bonds is 4. The van der Waals surface area contributed by atoms with Gasteiger partial charge in [-0.15, -0.1) is 0 Å². The number of alkyl halides is 1. The molecular formula is C18H25BrN2O6. The molecule has 8 nitrogen and oxygen atoms in total. The number of hydrogen-bond acceptors (Lipinski definition) is 6. The van der Waals surface area contributed by atoms with E-state index in [1.807, 2.05) is 6.92 Å². The Morgan fingerprint density at radius 1 is 1.11 bits per heavy atom. The molecule has 0 spiro atoms. The van der Waals surface area contributed by atoms with Gasteiger partial charge < -0.3 is 28.7 Å². The van der Waals surface area contributed by atoms with Gasteiger partial charge in [-0.3, -0.25) is 0 Å². The smallest absolute Gasteiger partial charge is 0.410 e. The summed E-state index contributed by atoms with van der Waals surface area (Å²) in [4.78, 5) is 26.5. The second-order valence-corrected chi connectivity index (χ2v) is 7.23. The molecule has 1 saturated heterocycles. The Balaban J connectivity index is 2.44. The minimum atomic E-state index is -1.07. The lowest BCUT2D eigenvalue weighted by Gasteiger charge is -2.39. The minimum Gasteiger partial charge on any atom is -0.410 e. The first-order chi connectivity index (χ1) is 12.7. The number of halogens is 1. The van der Waals surface area contributed by atoms with Gasteiger partial charge >= 0.3 is 12.2 Å². The number of amides is 2. The molecule has 0 aliphatic carbocycles. The summed E-state index contributed by atoms with van der Waals surface area (Å²) in [6.45, 7) is 2.48. The molecule has 1 fully saturated rings. The van der Waals surface area contributed by atoms with Crippen LogP contribution in [0, 0.1) is 0 Å². The standard InChI is InChI=1S/C18H25BrN2O6/c1-12-6-7-24-18(11-19,27-12)13-8-14(25-16(22)20(2)3)10-15(9-13)26-17(23)21(4)5/h8-10,12H,6-7,11H2,1-5H3/t12-,18-/m0/s1. The molecule has 27 heavy (non-hydrogen) atoms. The van der Waals surface area contributed by atoms with Crippen molar-refractivity contribution in [2.45, 2.75) is 25.2 Å². The van der Waals surface area contributed by atoms with Crippen LogP contribution < -0.4 is 9.47 Å². The average Bonchev–Trinajstić information content (AvgIpc) is 2.61. The molecular weight excluding hydrogens is 420 g/mol. The van der Waals surface area contributed by atoms with E-state index in [9.17, 15) is 9.59 Å². The van der Waals surface area contributed by atoms with Crippen LogP contribution in [0.5, 0.6) is 11.5 Å². The zero-order valence-corrected chi connectivity index (χ0v) is 17.7. The molecule has 1 aromatic rings. The molecule has 0 saturated carbocycles. The SMILES string of the molecule is C[C@H]1CCO[C@](CBr)(c2cc(OC(=O)N(C)C)cc(OC(=O)N(C)C)c2)O1. The van der Waals surface area contributed by atoms with Crippen LogP contribution in [-0.4, -0.2) is 68.2 Å². The van der Waals surface area contributed by atoms with Gasteiger partial charge in [0.05, 0.1) is 18.0 Å². The number of nitrogens with zero attached hydrogens (tertiary/aromatic N) is 2. The van der Waals surface area contributed by atoms with Gasteiger partial charge in [0.25, 0.3) is 0 Å². The first kappa shape index (κ1) is 21.5. The van der Waals surface area contributed by atoms with Gasteiger partial charge in [-0.2, -0.15) is 0 Å². The molecule has 0 unspecified atom stereocenters. The van der Waals surface area contributed by atoms with Crippen molar-refractivity contribution in [1.29, 1.82) is 0 Å². The van der Waals surface area contributed by atoms with Crippen LogP contribution in [0.3, 0.4) is 0 Å². The van der Waals surface area contributed by atoms with E-state index in [1.165, 1.54) is 15.9 Å². The molecule has 2 rings (SSSR count). The first-order valence-electron chi connectivity index (χ1n) is 8.48. The molecule has 9 heteroatoms. The van der Waals surface area contributed by atoms with Gasteiger partial charge in [0.15, 0.2) is 0 Å². The summed E-state index contributed by atoms with van der Waals surface area (Å²) in [5.41, 5.74) is 0.580. The van der Waals surface area contributed by atoms with E-state index in [1.54, 1.807) is 40.3 Å². The minimum absolute atomic E-state index is 0.0166. The van der Waals surface area contributed by atoms with E-state index in [0.717, 1.165) is 6.42 Å². The third-order valence-electron chi connectivity index (χ3n) is 3.89. The Morgan fingerprint density at radius 2 is 1.63 bits per heavy atom. The second-order valence-electron chi connectivity index (χ2n) is 6.67. The summed E-state index contributed by atoms with van der Waals surface area (Å²) in [7, 11) is 6.31. The molecule has 0 aromatic heterocycles. The Bertz CT molecular complexity index is 656. The normalized spacial score (nSPS) is 22.1. The van der Waals surface area contributed by atoms with Crippen LogP contribution in [0.15, 0.2) is 18.2 Å². The number of carbonyl (C=O) groups is 2. The van der Waals surface area contributed by atoms with Crippen LogP contribution >= 0.6 is 15.9 Å². The Labute approximate surface area is 167 Å². The van der Waals surface area contributed by atoms with Crippen LogP contribution in [0.4, 0.5) is 9.59 Å². The average molecular weight is 445 g/mol. The molecule has 0 radical (unpaired) electrons. The lowest BCUT2D eigenvalue weighted by molar-refractivity contribution is -0.285. The maximum Gasteiger partial charge on any atom is 0.414 e. The molecule has 1 aromatic carbocycles. The highest BCUT2D eigenvalue weighted by Crippen LogP contribution is 2.38. The number of ether oxygens (including phenoxy) is 4. The fraction of sp³-hybridized carbons (Fsp3) is 0.556. The van der Waals surface area contributed by atoms with Crippen molar-refractivity contribution in [2.75, 3.05) is 40.1 Å². The van der Waals surface area contributed by atoms with Gasteiger partial charge in [0.2, 0.25) is 5.79 Å². The monoisotopic (exact) mass is 444 g/mol. The van der Waals surface area contributed by atoms with E-state index >= 15 is 0 Å². The van der Waals surface area contributed by atoms with Gasteiger partial charge in [0.1, 0.15) is 11.5 Å². The van der Waals surface area contributed by atoms with Gasteiger partial charge in [-0.05, 0) is 25.5 Å². The van der Waals surface area contributed by atoms with Crippen molar-refractivity contribution >= 4 is 28.1 Å². The van der Waals surface area contributed by atoms with E-state index in [2.05, 4.69) is 15.9 Å². The molecule has 1 aliphatic rings. The maximum atomic E-state index is 12.0. The fourth-order valence-corrected chi connectivity index (χ4v) is 3.02. The summed E-state index contributed by atoms with van der Waals surface area (Å²) in [6.07, 6.45) is -0.350. The van der Waals surface area contributed by atoms with E-state index in [-0.39, 0.29) is 17.6 Å². The number of carbonyl (C=O) groups excluding carboxylic acids is 2. The maximum absolute atomic E-state index is 12.0. The molecule has 0 N–H and O–H groups in total. The van der Waals surface area contributed by atoms with Crippen LogP contribution in [0.25, 0.3) is 0 Å². The largest absolute Gasteiger partial charge is 0.414 e. The van der Waals surface area contributed by atoms with E-state index < -0.39 is 18.0 Å². The highest BCUT2D eigenvalue weighted by atomic mass is 79.9. The lowest BCUT2D eigenvalue weighted by Crippen LogP contribution is -2.43. The van der Waals surface area contributed by atoms with Gasteiger partial charge in [0, 0.05) is 39.8 Å². The van der Waals surface area contributed by atoms with Gasteiger partial charge in [-0.25, -0.2) is 9.59 Å².